The van der Waals surface area contributed by atoms with Crippen molar-refractivity contribution < 1.29 is 5.11 Å². The van der Waals surface area contributed by atoms with Crippen LogP contribution in [0.1, 0.15) is 37.2 Å². The number of rotatable bonds is 4. The van der Waals surface area contributed by atoms with Gasteiger partial charge >= 0.3 is 0 Å². The first-order valence-corrected chi connectivity index (χ1v) is 7.73. The molecule has 0 saturated carbocycles. The van der Waals surface area contributed by atoms with Crippen molar-refractivity contribution in [2.24, 2.45) is 5.92 Å². The molecular weight excluding hydrogens is 238 g/mol. The van der Waals surface area contributed by atoms with Crippen molar-refractivity contribution in [1.29, 1.82) is 0 Å². The minimum Gasteiger partial charge on any atom is -0.396 e. The summed E-state index contributed by atoms with van der Waals surface area (Å²) in [5.74, 6) is 1.65. The smallest absolute Gasteiger partial charge is 0.110 e. The standard InChI is InChI=1S/C15H25N3O/c19-12-13-4-5-14-10-16-15(18(14)11-13)6-9-17-7-2-1-3-8-17/h10,13,19H,1-9,11-12H2. The number of aryl methyl sites for hydroxylation is 1. The molecule has 3 rings (SSSR count). The Labute approximate surface area is 115 Å². The molecule has 19 heavy (non-hydrogen) atoms. The number of piperidine rings is 1. The zero-order chi connectivity index (χ0) is 13.1. The van der Waals surface area contributed by atoms with Crippen LogP contribution in [0.2, 0.25) is 0 Å². The van der Waals surface area contributed by atoms with Gasteiger partial charge in [-0.25, -0.2) is 4.98 Å². The average Bonchev–Trinajstić information content (AvgIpc) is 2.88. The van der Waals surface area contributed by atoms with E-state index in [4.69, 9.17) is 0 Å². The van der Waals surface area contributed by atoms with E-state index in [0.29, 0.717) is 12.5 Å². The van der Waals surface area contributed by atoms with Crippen LogP contribution in [-0.4, -0.2) is 45.8 Å². The summed E-state index contributed by atoms with van der Waals surface area (Å²) in [7, 11) is 0. The normalized spacial score (nSPS) is 24.4. The lowest BCUT2D eigenvalue weighted by atomic mass is 9.99. The van der Waals surface area contributed by atoms with Crippen LogP contribution in [0.15, 0.2) is 6.20 Å². The fourth-order valence-electron chi connectivity index (χ4n) is 3.37. The van der Waals surface area contributed by atoms with Crippen molar-refractivity contribution >= 4 is 0 Å². The zero-order valence-electron chi connectivity index (χ0n) is 11.7. The number of fused-ring (bicyclic) bond motifs is 1. The number of imidazole rings is 1. The quantitative estimate of drug-likeness (QED) is 0.894. The van der Waals surface area contributed by atoms with Gasteiger partial charge in [0.25, 0.3) is 0 Å². The molecule has 4 nitrogen and oxygen atoms in total. The lowest BCUT2D eigenvalue weighted by Gasteiger charge is -2.27. The molecule has 1 saturated heterocycles. The third kappa shape index (κ3) is 3.00. The molecule has 0 spiro atoms. The van der Waals surface area contributed by atoms with Gasteiger partial charge in [-0.1, -0.05) is 6.42 Å². The van der Waals surface area contributed by atoms with E-state index in [0.717, 1.165) is 32.4 Å². The van der Waals surface area contributed by atoms with E-state index < -0.39 is 0 Å². The van der Waals surface area contributed by atoms with Gasteiger partial charge in [0.15, 0.2) is 0 Å². The first-order valence-electron chi connectivity index (χ1n) is 7.73. The summed E-state index contributed by atoms with van der Waals surface area (Å²) in [6.07, 6.45) is 9.37. The molecule has 0 aliphatic carbocycles. The monoisotopic (exact) mass is 263 g/mol. The molecule has 2 aliphatic heterocycles. The van der Waals surface area contributed by atoms with Crippen molar-refractivity contribution in [3.05, 3.63) is 17.7 Å². The highest BCUT2D eigenvalue weighted by atomic mass is 16.3. The van der Waals surface area contributed by atoms with E-state index in [1.807, 2.05) is 6.20 Å². The molecular formula is C15H25N3O. The fourth-order valence-corrected chi connectivity index (χ4v) is 3.37. The summed E-state index contributed by atoms with van der Waals surface area (Å²) in [4.78, 5) is 7.17. The van der Waals surface area contributed by atoms with Crippen LogP contribution in [-0.2, 0) is 19.4 Å². The second-order valence-corrected chi connectivity index (χ2v) is 6.02. The Bertz CT molecular complexity index is 410. The molecule has 2 aliphatic rings. The van der Waals surface area contributed by atoms with E-state index in [1.165, 1.54) is 43.9 Å². The van der Waals surface area contributed by atoms with Crippen LogP contribution in [0.3, 0.4) is 0 Å². The summed E-state index contributed by atoms with van der Waals surface area (Å²) >= 11 is 0. The molecule has 1 N–H and O–H groups in total. The van der Waals surface area contributed by atoms with Crippen molar-refractivity contribution in [3.63, 3.8) is 0 Å². The van der Waals surface area contributed by atoms with Crippen LogP contribution in [0.25, 0.3) is 0 Å². The van der Waals surface area contributed by atoms with Gasteiger partial charge in [0.2, 0.25) is 0 Å². The topological polar surface area (TPSA) is 41.3 Å². The second-order valence-electron chi connectivity index (χ2n) is 6.02. The van der Waals surface area contributed by atoms with Crippen molar-refractivity contribution in [2.45, 2.75) is 45.1 Å². The van der Waals surface area contributed by atoms with Crippen molar-refractivity contribution in [1.82, 2.24) is 14.5 Å². The Morgan fingerprint density at radius 2 is 2.11 bits per heavy atom. The van der Waals surface area contributed by atoms with Crippen LogP contribution in [0.5, 0.6) is 0 Å². The third-order valence-electron chi connectivity index (χ3n) is 4.63. The predicted molar refractivity (Wildman–Crippen MR) is 75.1 cm³/mol. The van der Waals surface area contributed by atoms with Crippen LogP contribution in [0, 0.1) is 5.92 Å². The molecule has 3 heterocycles. The molecule has 0 bridgehead atoms. The maximum absolute atomic E-state index is 9.34. The van der Waals surface area contributed by atoms with Crippen molar-refractivity contribution in [3.8, 4) is 0 Å². The number of hydrogen-bond acceptors (Lipinski definition) is 3. The van der Waals surface area contributed by atoms with Crippen molar-refractivity contribution in [2.75, 3.05) is 26.2 Å². The number of aliphatic hydroxyl groups excluding tert-OH is 1. The maximum Gasteiger partial charge on any atom is 0.110 e. The molecule has 0 radical (unpaired) electrons. The van der Waals surface area contributed by atoms with E-state index in [1.54, 1.807) is 0 Å². The van der Waals surface area contributed by atoms with E-state index >= 15 is 0 Å². The Morgan fingerprint density at radius 1 is 1.26 bits per heavy atom. The zero-order valence-corrected chi connectivity index (χ0v) is 11.7. The van der Waals surface area contributed by atoms with Gasteiger partial charge < -0.3 is 14.6 Å². The lowest BCUT2D eigenvalue weighted by Crippen LogP contribution is -2.32. The molecule has 106 valence electrons. The summed E-state index contributed by atoms with van der Waals surface area (Å²) < 4.78 is 2.36. The van der Waals surface area contributed by atoms with Gasteiger partial charge in [-0.2, -0.15) is 0 Å². The number of nitrogens with zero attached hydrogens (tertiary/aromatic N) is 3. The van der Waals surface area contributed by atoms with E-state index in [9.17, 15) is 5.11 Å². The maximum atomic E-state index is 9.34. The lowest BCUT2D eigenvalue weighted by molar-refractivity contribution is 0.189. The van der Waals surface area contributed by atoms with Gasteiger partial charge in [0.1, 0.15) is 5.82 Å². The molecule has 4 heteroatoms. The number of hydrogen-bond donors (Lipinski definition) is 1. The Hall–Kier alpha value is -0.870. The van der Waals surface area contributed by atoms with E-state index in [-0.39, 0.29) is 0 Å². The molecule has 0 aromatic carbocycles. The van der Waals surface area contributed by atoms with Gasteiger partial charge in [-0.05, 0) is 38.8 Å². The molecule has 0 amide bonds. The average molecular weight is 263 g/mol. The number of aromatic nitrogens is 2. The Morgan fingerprint density at radius 3 is 2.89 bits per heavy atom. The Kier molecular flexibility index (Phi) is 4.18. The van der Waals surface area contributed by atoms with Crippen LogP contribution >= 0.6 is 0 Å². The minimum absolute atomic E-state index is 0.309. The van der Waals surface area contributed by atoms with Gasteiger partial charge in [-0.3, -0.25) is 0 Å². The van der Waals surface area contributed by atoms with E-state index in [2.05, 4.69) is 14.5 Å². The Balaban J connectivity index is 1.60. The molecule has 1 unspecified atom stereocenters. The summed E-state index contributed by atoms with van der Waals surface area (Å²) in [5.41, 5.74) is 1.36. The van der Waals surface area contributed by atoms with Crippen LogP contribution in [0.4, 0.5) is 0 Å². The minimum atomic E-state index is 0.309. The fraction of sp³-hybridized carbons (Fsp3) is 0.800. The molecule has 1 atom stereocenters. The first-order chi connectivity index (χ1) is 9.36. The number of aliphatic hydroxyl groups is 1. The SMILES string of the molecule is OCC1CCc2cnc(CCN3CCCCC3)n2C1. The van der Waals surface area contributed by atoms with Gasteiger partial charge in [0, 0.05) is 43.9 Å². The van der Waals surface area contributed by atoms with Crippen LogP contribution < -0.4 is 0 Å². The highest BCUT2D eigenvalue weighted by molar-refractivity contribution is 5.09. The first kappa shape index (κ1) is 13.1. The highest BCUT2D eigenvalue weighted by Gasteiger charge is 2.21. The summed E-state index contributed by atoms with van der Waals surface area (Å²) in [5, 5.41) is 9.34. The second kappa shape index (κ2) is 6.06. The molecule has 1 aromatic rings. The largest absolute Gasteiger partial charge is 0.396 e. The molecule has 1 aromatic heterocycles. The molecule has 1 fully saturated rings. The third-order valence-corrected chi connectivity index (χ3v) is 4.63. The van der Waals surface area contributed by atoms with Gasteiger partial charge in [-0.15, -0.1) is 0 Å². The highest BCUT2D eigenvalue weighted by Crippen LogP contribution is 2.21. The van der Waals surface area contributed by atoms with Gasteiger partial charge in [0.05, 0.1) is 0 Å². The predicted octanol–water partition coefficient (Wildman–Crippen LogP) is 1.47. The summed E-state index contributed by atoms with van der Waals surface area (Å²) in [6.45, 7) is 4.92. The number of likely N-dealkylation sites (tertiary alicyclic amines) is 1. The summed E-state index contributed by atoms with van der Waals surface area (Å²) in [6, 6.07) is 0.